The van der Waals surface area contributed by atoms with E-state index in [-0.39, 0.29) is 44.3 Å². The van der Waals surface area contributed by atoms with Gasteiger partial charge in [0.1, 0.15) is 0 Å². The molecule has 0 aromatic carbocycles. The van der Waals surface area contributed by atoms with Crippen molar-refractivity contribution in [3.63, 3.8) is 0 Å². The van der Waals surface area contributed by atoms with Gasteiger partial charge in [0.05, 0.1) is 37.0 Å². The number of fused-ring (bicyclic) bond motifs is 8. The summed E-state index contributed by atoms with van der Waals surface area (Å²) in [5.41, 5.74) is 12.1. The number of carbonyl (C=O) groups excluding carboxylic acids is 2. The fourth-order valence-corrected chi connectivity index (χ4v) is 5.58. The minimum absolute atomic E-state index is 0. The first-order valence-corrected chi connectivity index (χ1v) is 14.2. The monoisotopic (exact) mass is 678 g/mol. The van der Waals surface area contributed by atoms with Gasteiger partial charge in [0.25, 0.3) is 0 Å². The van der Waals surface area contributed by atoms with Gasteiger partial charge in [-0.3, -0.25) is 9.59 Å². The molecule has 0 saturated heterocycles. The van der Waals surface area contributed by atoms with Crippen LogP contribution in [0.15, 0.2) is 28.7 Å². The minimum atomic E-state index is -0.285. The van der Waals surface area contributed by atoms with Gasteiger partial charge < -0.3 is 19.4 Å². The van der Waals surface area contributed by atoms with Gasteiger partial charge in [-0.25, -0.2) is 9.97 Å². The molecule has 0 radical (unpaired) electrons. The Kier molecular flexibility index (Phi) is 9.68. The van der Waals surface area contributed by atoms with Crippen molar-refractivity contribution in [2.45, 2.75) is 53.4 Å². The molecule has 10 heteroatoms. The molecule has 0 amide bonds. The quantitative estimate of drug-likeness (QED) is 0.215. The van der Waals surface area contributed by atoms with Crippen molar-refractivity contribution in [3.05, 3.63) is 68.2 Å². The van der Waals surface area contributed by atoms with Crippen LogP contribution in [0.3, 0.4) is 0 Å². The number of allylic oxidation sites excluding steroid dienone is 3. The second kappa shape index (κ2) is 12.9. The van der Waals surface area contributed by atoms with Gasteiger partial charge in [0, 0.05) is 17.3 Å². The van der Waals surface area contributed by atoms with Crippen LogP contribution < -0.4 is 9.97 Å². The summed E-state index contributed by atoms with van der Waals surface area (Å²) in [6.45, 7) is 8.07. The van der Waals surface area contributed by atoms with Crippen molar-refractivity contribution in [2.75, 3.05) is 14.2 Å². The van der Waals surface area contributed by atoms with Crippen molar-refractivity contribution in [1.29, 1.82) is 0 Å². The SMILES string of the molecule is COC(=O)CCC1=C(C)c2cc3[n-]c(cc4nc(cc5[n-]c(cc1n2)c(CCC(=O)OC)c5C)C=C4C)c(Br)c3C.[Zn+2]. The summed E-state index contributed by atoms with van der Waals surface area (Å²) in [5, 5.41) is 0. The number of methoxy groups -OCH3 is 2. The molecule has 2 aliphatic rings. The van der Waals surface area contributed by atoms with E-state index in [1.165, 1.54) is 14.2 Å². The molecule has 0 N–H and O–H groups in total. The first-order chi connectivity index (χ1) is 19.6. The summed E-state index contributed by atoms with van der Waals surface area (Å²) in [6.07, 6.45) is 3.44. The van der Waals surface area contributed by atoms with E-state index in [9.17, 15) is 9.59 Å². The van der Waals surface area contributed by atoms with Gasteiger partial charge in [-0.1, -0.05) is 50.8 Å². The van der Waals surface area contributed by atoms with Crippen molar-refractivity contribution < 1.29 is 38.5 Å². The molecule has 3 aromatic heterocycles. The first kappa shape index (κ1) is 31.6. The Balaban J connectivity index is 0.00000405. The number of hydrogen-bond donors (Lipinski definition) is 0. The molecule has 5 rings (SSSR count). The molecule has 5 heterocycles. The van der Waals surface area contributed by atoms with E-state index in [2.05, 4.69) is 15.9 Å². The third-order valence-electron chi connectivity index (χ3n) is 7.69. The smallest absolute Gasteiger partial charge is 0.657 e. The van der Waals surface area contributed by atoms with E-state index < -0.39 is 0 Å². The number of carbonyl (C=O) groups is 2. The van der Waals surface area contributed by atoms with E-state index in [0.29, 0.717) is 12.8 Å². The second-order valence-electron chi connectivity index (χ2n) is 10.3. The average Bonchev–Trinajstić information content (AvgIpc) is 3.62. The minimum Gasteiger partial charge on any atom is -0.657 e. The van der Waals surface area contributed by atoms with Crippen molar-refractivity contribution in [1.82, 2.24) is 19.9 Å². The fourth-order valence-electron chi connectivity index (χ4n) is 5.17. The van der Waals surface area contributed by atoms with Gasteiger partial charge >= 0.3 is 31.4 Å². The summed E-state index contributed by atoms with van der Waals surface area (Å²) < 4.78 is 10.7. The van der Waals surface area contributed by atoms with E-state index >= 15 is 0 Å². The third kappa shape index (κ3) is 6.20. The molecule has 3 aromatic rings. The molecule has 0 fully saturated rings. The van der Waals surface area contributed by atoms with Crippen LogP contribution in [-0.2, 0) is 45.0 Å². The number of ether oxygens (including phenoxy) is 2. The molecule has 0 saturated carbocycles. The normalized spacial score (nSPS) is 12.6. The molecule has 2 aliphatic heterocycles. The fraction of sp³-hybridized carbons (Fsp3) is 0.312. The van der Waals surface area contributed by atoms with Crippen LogP contribution >= 0.6 is 15.9 Å². The molecule has 212 valence electrons. The Labute approximate surface area is 265 Å². The van der Waals surface area contributed by atoms with Gasteiger partial charge in [-0.05, 0) is 69.4 Å². The summed E-state index contributed by atoms with van der Waals surface area (Å²) in [4.78, 5) is 43.9. The Hall–Kier alpha value is -3.36. The van der Waals surface area contributed by atoms with Gasteiger partial charge in [-0.15, -0.1) is 22.1 Å². The third-order valence-corrected chi connectivity index (χ3v) is 8.69. The maximum atomic E-state index is 12.1. The van der Waals surface area contributed by atoms with Crippen molar-refractivity contribution in [2.24, 2.45) is 0 Å². The zero-order valence-corrected chi connectivity index (χ0v) is 29.3. The van der Waals surface area contributed by atoms with Crippen molar-refractivity contribution >= 4 is 72.7 Å². The standard InChI is InChI=1S/C32H31BrN4O4.Zn/c1-16-11-20-12-24-17(2)21(7-9-30(38)40-5)27(35-24)15-28-22(8-10-31(39)41-6)18(3)25(36-28)14-26-19(4)32(33)29(37-26)13-23(16)34-20;/h11-15H,7-10H2,1-6H3;/q-2;+2. The zero-order valence-electron chi connectivity index (χ0n) is 24.7. The largest absolute Gasteiger partial charge is 2.00 e. The van der Waals surface area contributed by atoms with E-state index in [0.717, 1.165) is 82.7 Å². The second-order valence-corrected chi connectivity index (χ2v) is 11.1. The van der Waals surface area contributed by atoms with Crippen LogP contribution in [0.2, 0.25) is 0 Å². The predicted octanol–water partition coefficient (Wildman–Crippen LogP) is 6.50. The Morgan fingerprint density at radius 3 is 2.05 bits per heavy atom. The average molecular weight is 681 g/mol. The van der Waals surface area contributed by atoms with Gasteiger partial charge in [0.15, 0.2) is 0 Å². The molecule has 0 aliphatic carbocycles. The van der Waals surface area contributed by atoms with Crippen LogP contribution in [0.1, 0.15) is 72.6 Å². The van der Waals surface area contributed by atoms with Crippen LogP contribution in [0.5, 0.6) is 0 Å². The number of halogens is 1. The number of aromatic nitrogens is 4. The number of esters is 2. The maximum Gasteiger partial charge on any atom is 2.00 e. The predicted molar refractivity (Wildman–Crippen MR) is 164 cm³/mol. The van der Waals surface area contributed by atoms with Crippen molar-refractivity contribution in [3.8, 4) is 0 Å². The maximum absolute atomic E-state index is 12.1. The van der Waals surface area contributed by atoms with E-state index in [1.807, 2.05) is 58.0 Å². The van der Waals surface area contributed by atoms with Crippen LogP contribution in [0, 0.1) is 13.8 Å². The molecule has 0 atom stereocenters. The molecular weight excluding hydrogens is 650 g/mol. The molecule has 8 bridgehead atoms. The topological polar surface area (TPSA) is 107 Å². The summed E-state index contributed by atoms with van der Waals surface area (Å²) in [7, 11) is 2.78. The number of nitrogens with zero attached hydrogens (tertiary/aromatic N) is 4. The summed E-state index contributed by atoms with van der Waals surface area (Å²) in [5.74, 6) is -0.567. The number of aryl methyl sites for hydroxylation is 3. The molecule has 0 spiro atoms. The zero-order chi connectivity index (χ0) is 29.4. The molecule has 0 unspecified atom stereocenters. The summed E-state index contributed by atoms with van der Waals surface area (Å²) >= 11 is 3.73. The number of rotatable bonds is 6. The molecular formula is C32H31BrN4O4Zn. The Bertz CT molecular complexity index is 1820. The van der Waals surface area contributed by atoms with Crippen LogP contribution in [0.25, 0.3) is 44.9 Å². The van der Waals surface area contributed by atoms with Crippen LogP contribution in [-0.4, -0.2) is 36.1 Å². The first-order valence-electron chi connectivity index (χ1n) is 13.4. The molecule has 8 nitrogen and oxygen atoms in total. The Morgan fingerprint density at radius 1 is 0.762 bits per heavy atom. The molecule has 42 heavy (non-hydrogen) atoms. The van der Waals surface area contributed by atoms with Gasteiger partial charge in [-0.2, -0.15) is 0 Å². The Morgan fingerprint density at radius 2 is 1.36 bits per heavy atom. The van der Waals surface area contributed by atoms with E-state index in [4.69, 9.17) is 29.4 Å². The van der Waals surface area contributed by atoms with Gasteiger partial charge in [0.2, 0.25) is 0 Å². The summed E-state index contributed by atoms with van der Waals surface area (Å²) in [6, 6.07) is 7.89. The van der Waals surface area contributed by atoms with Crippen LogP contribution in [0.4, 0.5) is 0 Å². The number of hydrogen-bond acceptors (Lipinski definition) is 6. The van der Waals surface area contributed by atoms with E-state index in [1.54, 1.807) is 0 Å².